The molecule has 0 aromatic heterocycles. The van der Waals surface area contributed by atoms with Crippen molar-refractivity contribution in [1.82, 2.24) is 5.32 Å². The summed E-state index contributed by atoms with van der Waals surface area (Å²) in [5.74, 6) is -4.34. The van der Waals surface area contributed by atoms with Crippen LogP contribution in [0.4, 0.5) is 0 Å². The minimum absolute atomic E-state index is 0.233. The summed E-state index contributed by atoms with van der Waals surface area (Å²) in [5.41, 5.74) is 1.09. The Balaban J connectivity index is 2.72. The van der Waals surface area contributed by atoms with Gasteiger partial charge < -0.3 is 15.5 Å². The Morgan fingerprint density at radius 2 is 2.00 bits per heavy atom. The Kier molecular flexibility index (Phi) is 6.92. The summed E-state index contributed by atoms with van der Waals surface area (Å²) < 4.78 is 15.1. The van der Waals surface area contributed by atoms with Gasteiger partial charge in [-0.15, -0.1) is 0 Å². The van der Waals surface area contributed by atoms with Crippen molar-refractivity contribution >= 4 is 14.7 Å². The highest BCUT2D eigenvalue weighted by Crippen LogP contribution is 2.24. The third kappa shape index (κ3) is 4.86. The first-order valence-corrected chi connectivity index (χ1v) is 7.38. The van der Waals surface area contributed by atoms with Crippen LogP contribution < -0.4 is 5.32 Å². The Morgan fingerprint density at radius 1 is 1.38 bits per heavy atom. The molecule has 0 heterocycles. The quantitative estimate of drug-likeness (QED) is 0.475. The average molecular weight is 313 g/mol. The summed E-state index contributed by atoms with van der Waals surface area (Å²) in [7, 11) is -0.882. The zero-order valence-corrected chi connectivity index (χ0v) is 12.9. The molecule has 0 fully saturated rings. The number of benzene rings is 1. The van der Waals surface area contributed by atoms with Gasteiger partial charge in [0.15, 0.2) is 0 Å². The summed E-state index contributed by atoms with van der Waals surface area (Å²) in [5, 5.41) is 22.2. The van der Waals surface area contributed by atoms with E-state index in [0.717, 1.165) is 5.56 Å². The van der Waals surface area contributed by atoms with E-state index in [4.69, 9.17) is 5.11 Å². The Labute approximate surface area is 125 Å². The van der Waals surface area contributed by atoms with E-state index in [0.29, 0.717) is 13.0 Å². The number of hydrogen-bond acceptors (Lipinski definition) is 5. The zero-order chi connectivity index (χ0) is 15.9. The van der Waals surface area contributed by atoms with Gasteiger partial charge in [-0.2, -0.15) is 0 Å². The lowest BCUT2D eigenvalue weighted by Crippen LogP contribution is -2.59. The minimum atomic E-state index is -2.53. The van der Waals surface area contributed by atoms with Gasteiger partial charge in [0, 0.05) is 0 Å². The highest BCUT2D eigenvalue weighted by Gasteiger charge is 2.47. The largest absolute Gasteiger partial charge is 0.477 e. The van der Waals surface area contributed by atoms with Crippen LogP contribution in [0.15, 0.2) is 30.3 Å². The van der Waals surface area contributed by atoms with Gasteiger partial charge in [-0.3, -0.25) is 0 Å². The predicted molar refractivity (Wildman–Crippen MR) is 78.1 cm³/mol. The van der Waals surface area contributed by atoms with Crippen LogP contribution in [0.3, 0.4) is 0 Å². The lowest BCUT2D eigenvalue weighted by atomic mass is 9.95. The lowest BCUT2D eigenvalue weighted by Gasteiger charge is -2.33. The van der Waals surface area contributed by atoms with Crippen LogP contribution in [-0.4, -0.2) is 34.6 Å². The van der Waals surface area contributed by atoms with Gasteiger partial charge in [-0.05, 0) is 24.4 Å². The molecule has 7 heteroatoms. The van der Waals surface area contributed by atoms with E-state index in [1.165, 1.54) is 0 Å². The van der Waals surface area contributed by atoms with Crippen molar-refractivity contribution in [2.45, 2.75) is 32.1 Å². The second-order valence-corrected chi connectivity index (χ2v) is 5.41. The molecule has 0 aliphatic carbocycles. The van der Waals surface area contributed by atoms with E-state index >= 15 is 0 Å². The van der Waals surface area contributed by atoms with E-state index in [1.807, 2.05) is 30.3 Å². The van der Waals surface area contributed by atoms with Gasteiger partial charge in [-0.25, -0.2) is 13.9 Å². The monoisotopic (exact) mass is 313 g/mol. The number of aliphatic carboxylic acids is 1. The van der Waals surface area contributed by atoms with Gasteiger partial charge in [0.25, 0.3) is 5.79 Å². The number of aliphatic hydroxyl groups is 1. The maximum Gasteiger partial charge on any atom is 0.366 e. The average Bonchev–Trinajstić information content (AvgIpc) is 2.44. The first-order chi connectivity index (χ1) is 9.91. The van der Waals surface area contributed by atoms with Crippen molar-refractivity contribution in [3.8, 4) is 0 Å². The van der Waals surface area contributed by atoms with E-state index in [1.54, 1.807) is 13.8 Å². The van der Waals surface area contributed by atoms with Crippen molar-refractivity contribution in [2.24, 2.45) is 5.92 Å². The van der Waals surface area contributed by atoms with Crippen LogP contribution in [0.5, 0.6) is 0 Å². The van der Waals surface area contributed by atoms with Crippen molar-refractivity contribution in [1.29, 1.82) is 0 Å². The molecule has 6 nitrogen and oxygen atoms in total. The number of carbonyl (C=O) groups is 1. The fraction of sp³-hybridized carbons (Fsp3) is 0.500. The van der Waals surface area contributed by atoms with Crippen LogP contribution in [0.1, 0.15) is 19.4 Å². The number of hydrogen-bond donors (Lipinski definition) is 3. The minimum Gasteiger partial charge on any atom is -0.477 e. The molecule has 2 atom stereocenters. The normalized spacial score (nSPS) is 15.8. The van der Waals surface area contributed by atoms with Crippen LogP contribution in [0.2, 0.25) is 0 Å². The number of rotatable bonds is 9. The fourth-order valence-electron chi connectivity index (χ4n) is 2.13. The van der Waals surface area contributed by atoms with Gasteiger partial charge in [0.1, 0.15) is 0 Å². The second-order valence-electron chi connectivity index (χ2n) is 5.08. The topological polar surface area (TPSA) is 95.9 Å². The molecular formula is C14H20NO5P. The molecule has 0 amide bonds. The molecule has 0 saturated carbocycles. The smallest absolute Gasteiger partial charge is 0.366 e. The molecule has 0 saturated heterocycles. The molecule has 0 aliphatic heterocycles. The van der Waals surface area contributed by atoms with E-state index in [9.17, 15) is 14.5 Å². The molecule has 0 aliphatic rings. The molecule has 0 radical (unpaired) electrons. The summed E-state index contributed by atoms with van der Waals surface area (Å²) in [6.07, 6.45) is 0.675. The Bertz CT molecular complexity index is 468. The van der Waals surface area contributed by atoms with Crippen molar-refractivity contribution in [3.63, 3.8) is 0 Å². The molecule has 3 N–H and O–H groups in total. The summed E-state index contributed by atoms with van der Waals surface area (Å²) in [6, 6.07) is 8.79. The standard InChI is InChI=1S/C14H20NO5P/c1-10(2)12(14(18,13(16)17)20-21-19)15-9-8-11-6-4-3-5-7-11/h3-7,10,12,15,18H,8-9H2,1-2H3,(H,16,17). The maximum atomic E-state index is 11.2. The highest BCUT2D eigenvalue weighted by molar-refractivity contribution is 7.17. The third-order valence-corrected chi connectivity index (χ3v) is 3.54. The predicted octanol–water partition coefficient (Wildman–Crippen LogP) is 1.84. The molecule has 21 heavy (non-hydrogen) atoms. The number of nitrogens with one attached hydrogen (secondary N) is 1. The van der Waals surface area contributed by atoms with Crippen LogP contribution >= 0.6 is 8.69 Å². The van der Waals surface area contributed by atoms with Gasteiger partial charge in [0.05, 0.1) is 6.04 Å². The first-order valence-electron chi connectivity index (χ1n) is 6.65. The maximum absolute atomic E-state index is 11.2. The van der Waals surface area contributed by atoms with Gasteiger partial charge >= 0.3 is 14.7 Å². The van der Waals surface area contributed by atoms with Crippen LogP contribution in [0, 0.1) is 5.92 Å². The van der Waals surface area contributed by atoms with E-state index < -0.39 is 26.5 Å². The third-order valence-electron chi connectivity index (χ3n) is 3.19. The number of carboxylic acids is 1. The zero-order valence-electron chi connectivity index (χ0n) is 12.0. The lowest BCUT2D eigenvalue weighted by molar-refractivity contribution is -0.204. The van der Waals surface area contributed by atoms with E-state index in [-0.39, 0.29) is 5.92 Å². The van der Waals surface area contributed by atoms with Crippen LogP contribution in [0.25, 0.3) is 0 Å². The first kappa shape index (κ1) is 17.7. The molecule has 1 aromatic carbocycles. The van der Waals surface area contributed by atoms with Gasteiger partial charge in [-0.1, -0.05) is 44.2 Å². The van der Waals surface area contributed by atoms with Crippen LogP contribution in [-0.2, 0) is 20.3 Å². The molecule has 1 rings (SSSR count). The summed E-state index contributed by atoms with van der Waals surface area (Å²) in [6.45, 7) is 3.96. The van der Waals surface area contributed by atoms with Crippen molar-refractivity contribution in [2.75, 3.05) is 6.54 Å². The molecular weight excluding hydrogens is 293 g/mol. The molecule has 2 unspecified atom stereocenters. The summed E-state index contributed by atoms with van der Waals surface area (Å²) in [4.78, 5) is 11.2. The molecule has 0 spiro atoms. The highest BCUT2D eigenvalue weighted by atomic mass is 31.1. The Morgan fingerprint density at radius 3 is 2.48 bits per heavy atom. The van der Waals surface area contributed by atoms with Crippen molar-refractivity contribution in [3.05, 3.63) is 35.9 Å². The van der Waals surface area contributed by atoms with E-state index in [2.05, 4.69) is 9.84 Å². The van der Waals surface area contributed by atoms with Crippen molar-refractivity contribution < 1.29 is 24.1 Å². The van der Waals surface area contributed by atoms with Gasteiger partial charge in [0.2, 0.25) is 0 Å². The number of carboxylic acid groups (broad SMARTS) is 1. The SMILES string of the molecule is CC(C)C(NCCc1ccccc1)C(O)(OP=O)C(=O)O. The Hall–Kier alpha value is -1.33. The molecule has 0 bridgehead atoms. The second kappa shape index (κ2) is 8.20. The molecule has 116 valence electrons. The molecule has 1 aromatic rings. The summed E-state index contributed by atoms with van der Waals surface area (Å²) >= 11 is 0. The fourth-order valence-corrected chi connectivity index (χ4v) is 2.43.